The van der Waals surface area contributed by atoms with Crippen LogP contribution in [0.5, 0.6) is 0 Å². The van der Waals surface area contributed by atoms with Crippen molar-refractivity contribution in [3.63, 3.8) is 0 Å². The Hall–Kier alpha value is -6.06. The minimum absolute atomic E-state index is 0.0295. The molecule has 3 nitrogen and oxygen atoms in total. The molecule has 0 aliphatic carbocycles. The molecule has 45 heavy (non-hydrogen) atoms. The van der Waals surface area contributed by atoms with Crippen LogP contribution in [0.4, 0.5) is 0 Å². The Morgan fingerprint density at radius 3 is 1.00 bits per heavy atom. The summed E-state index contributed by atoms with van der Waals surface area (Å²) in [7, 11) is 0. The third-order valence-electron chi connectivity index (χ3n) is 9.71. The molecule has 0 bridgehead atoms. The van der Waals surface area contributed by atoms with E-state index in [1.807, 2.05) is 12.1 Å². The molecule has 10 rings (SSSR count). The van der Waals surface area contributed by atoms with E-state index in [2.05, 4.69) is 121 Å². The largest absolute Gasteiger partial charge is 0.421 e. The fourth-order valence-corrected chi connectivity index (χ4v) is 7.90. The summed E-state index contributed by atoms with van der Waals surface area (Å²) in [6.07, 6.45) is 0. The highest BCUT2D eigenvalue weighted by molar-refractivity contribution is 6.38. The minimum atomic E-state index is -0.0295. The van der Waals surface area contributed by atoms with Gasteiger partial charge in [0, 0.05) is 21.9 Å². The van der Waals surface area contributed by atoms with Gasteiger partial charge in [-0.1, -0.05) is 121 Å². The predicted octanol–water partition coefficient (Wildman–Crippen LogP) is 11.2. The van der Waals surface area contributed by atoms with Gasteiger partial charge in [-0.15, -0.1) is 0 Å². The van der Waals surface area contributed by atoms with Gasteiger partial charge >= 0.3 is 0 Å². The van der Waals surface area contributed by atoms with Gasteiger partial charge in [-0.05, 0) is 87.5 Å². The smallest absolute Gasteiger partial charge is 0.221 e. The molecule has 0 fully saturated rings. The maximum absolute atomic E-state index is 9.31. The van der Waals surface area contributed by atoms with Crippen LogP contribution in [0.1, 0.15) is 11.1 Å². The Morgan fingerprint density at radius 1 is 0.311 bits per heavy atom. The van der Waals surface area contributed by atoms with Crippen molar-refractivity contribution in [1.29, 1.82) is 10.8 Å². The Bertz CT molecular complexity index is 2670. The van der Waals surface area contributed by atoms with Crippen LogP contribution in [-0.4, -0.2) is 11.8 Å². The standard InChI is InChI=1S/C42H24N2O/c43-41(33-21-19-25-11-3-15-29-27-13-1-7-23-9-5-17-31(35(23)27)39(33)37(25)29)45-42(44)34-22-20-26-12-4-16-30-28-14-2-8-24-10-6-18-32(36(24)28)40(34)38(26)30/h1-22,43-44H. The third-order valence-corrected chi connectivity index (χ3v) is 9.71. The first-order valence-electron chi connectivity index (χ1n) is 15.2. The van der Waals surface area contributed by atoms with E-state index >= 15 is 0 Å². The highest BCUT2D eigenvalue weighted by Gasteiger charge is 2.22. The molecule has 2 N–H and O–H groups in total. The lowest BCUT2D eigenvalue weighted by atomic mass is 9.87. The van der Waals surface area contributed by atoms with Gasteiger partial charge in [0.1, 0.15) is 0 Å². The molecule has 0 aliphatic rings. The number of nitrogens with one attached hydrogen (secondary N) is 2. The van der Waals surface area contributed by atoms with E-state index in [9.17, 15) is 10.8 Å². The first-order chi connectivity index (χ1) is 22.2. The number of benzene rings is 10. The first kappa shape index (κ1) is 24.4. The first-order valence-corrected chi connectivity index (χ1v) is 15.2. The molecule has 3 heteroatoms. The predicted molar refractivity (Wildman–Crippen MR) is 190 cm³/mol. The van der Waals surface area contributed by atoms with E-state index in [1.165, 1.54) is 32.3 Å². The zero-order valence-electron chi connectivity index (χ0n) is 24.1. The van der Waals surface area contributed by atoms with Crippen LogP contribution < -0.4 is 0 Å². The molecule has 0 aliphatic heterocycles. The maximum atomic E-state index is 9.31. The molecule has 0 spiro atoms. The van der Waals surface area contributed by atoms with Crippen molar-refractivity contribution >= 4 is 98.0 Å². The van der Waals surface area contributed by atoms with E-state index in [4.69, 9.17) is 4.74 Å². The summed E-state index contributed by atoms with van der Waals surface area (Å²) in [6.45, 7) is 0. The van der Waals surface area contributed by atoms with Crippen LogP contribution in [0.15, 0.2) is 133 Å². The topological polar surface area (TPSA) is 56.9 Å². The summed E-state index contributed by atoms with van der Waals surface area (Å²) in [5, 5.41) is 36.7. The van der Waals surface area contributed by atoms with E-state index in [-0.39, 0.29) is 11.8 Å². The van der Waals surface area contributed by atoms with Gasteiger partial charge in [-0.2, -0.15) is 0 Å². The number of hydrogen-bond acceptors (Lipinski definition) is 3. The number of rotatable bonds is 2. The Balaban J connectivity index is 1.20. The van der Waals surface area contributed by atoms with Crippen molar-refractivity contribution in [3.8, 4) is 0 Å². The van der Waals surface area contributed by atoms with Gasteiger partial charge in [0.2, 0.25) is 11.8 Å². The van der Waals surface area contributed by atoms with Crippen molar-refractivity contribution in [2.24, 2.45) is 0 Å². The second-order valence-corrected chi connectivity index (χ2v) is 12.0. The van der Waals surface area contributed by atoms with E-state index < -0.39 is 0 Å². The fourth-order valence-electron chi connectivity index (χ4n) is 7.90. The van der Waals surface area contributed by atoms with Gasteiger partial charge in [0.15, 0.2) is 0 Å². The van der Waals surface area contributed by atoms with Crippen molar-refractivity contribution in [2.45, 2.75) is 0 Å². The minimum Gasteiger partial charge on any atom is -0.421 e. The summed E-state index contributed by atoms with van der Waals surface area (Å²) in [4.78, 5) is 0. The molecule has 0 amide bonds. The molecule has 0 atom stereocenters. The number of fused-ring (bicyclic) bond motifs is 4. The van der Waals surface area contributed by atoms with Gasteiger partial charge in [-0.3, -0.25) is 10.8 Å². The normalized spacial score (nSPS) is 12.2. The molecule has 0 aromatic heterocycles. The Morgan fingerprint density at radius 2 is 0.622 bits per heavy atom. The molecule has 10 aromatic rings. The summed E-state index contributed by atoms with van der Waals surface area (Å²) in [5.41, 5.74) is 1.37. The molecular formula is C42H24N2O. The molecule has 208 valence electrons. The Labute approximate surface area is 257 Å². The molecule has 0 unspecified atom stereocenters. The summed E-state index contributed by atoms with van der Waals surface area (Å²) < 4.78 is 6.27. The molecule has 0 saturated heterocycles. The highest BCUT2D eigenvalue weighted by Crippen LogP contribution is 2.43. The van der Waals surface area contributed by atoms with Crippen molar-refractivity contribution in [3.05, 3.63) is 145 Å². The van der Waals surface area contributed by atoms with Crippen LogP contribution in [0.2, 0.25) is 0 Å². The van der Waals surface area contributed by atoms with Gasteiger partial charge in [-0.25, -0.2) is 0 Å². The van der Waals surface area contributed by atoms with Crippen LogP contribution in [-0.2, 0) is 4.74 Å². The van der Waals surface area contributed by atoms with Gasteiger partial charge < -0.3 is 4.74 Å². The molecule has 0 saturated carbocycles. The van der Waals surface area contributed by atoms with Gasteiger partial charge in [0.05, 0.1) is 0 Å². The zero-order valence-corrected chi connectivity index (χ0v) is 24.1. The molecular weight excluding hydrogens is 548 g/mol. The van der Waals surface area contributed by atoms with Crippen LogP contribution in [0, 0.1) is 10.8 Å². The Kier molecular flexibility index (Phi) is 4.74. The van der Waals surface area contributed by atoms with Crippen LogP contribution in [0.3, 0.4) is 0 Å². The second kappa shape index (κ2) is 8.75. The zero-order chi connectivity index (χ0) is 29.8. The molecule has 0 heterocycles. The fraction of sp³-hybridized carbons (Fsp3) is 0. The van der Waals surface area contributed by atoms with Crippen molar-refractivity contribution < 1.29 is 4.74 Å². The molecule has 0 radical (unpaired) electrons. The van der Waals surface area contributed by atoms with E-state index in [0.717, 1.165) is 53.9 Å². The average Bonchev–Trinajstić information content (AvgIpc) is 3.08. The lowest BCUT2D eigenvalue weighted by Gasteiger charge is -2.19. The monoisotopic (exact) mass is 572 g/mol. The second-order valence-electron chi connectivity index (χ2n) is 12.0. The summed E-state index contributed by atoms with van der Waals surface area (Å²) in [5.74, 6) is -0.0591. The average molecular weight is 573 g/mol. The van der Waals surface area contributed by atoms with Crippen LogP contribution >= 0.6 is 0 Å². The SMILES string of the molecule is N=C(OC(=N)c1ccc2cccc3c4cccc5cccc(c1c23)c54)c1ccc2cccc3c4cccc5cccc(c1c23)c54. The third kappa shape index (κ3) is 3.19. The van der Waals surface area contributed by atoms with E-state index in [0.29, 0.717) is 11.1 Å². The highest BCUT2D eigenvalue weighted by atomic mass is 16.5. The van der Waals surface area contributed by atoms with Crippen LogP contribution in [0.25, 0.3) is 86.2 Å². The maximum Gasteiger partial charge on any atom is 0.221 e. The lowest BCUT2D eigenvalue weighted by molar-refractivity contribution is 0.539. The van der Waals surface area contributed by atoms with Crippen molar-refractivity contribution in [2.75, 3.05) is 0 Å². The molecule has 10 aromatic carbocycles. The lowest BCUT2D eigenvalue weighted by Crippen LogP contribution is -2.14. The van der Waals surface area contributed by atoms with E-state index in [1.54, 1.807) is 0 Å². The quantitative estimate of drug-likeness (QED) is 0.0920. The summed E-state index contributed by atoms with van der Waals surface area (Å²) in [6, 6.07) is 46.5. The number of ether oxygens (including phenoxy) is 1. The van der Waals surface area contributed by atoms with Gasteiger partial charge in [0.25, 0.3) is 0 Å². The number of hydrogen-bond donors (Lipinski definition) is 2. The van der Waals surface area contributed by atoms with Crippen molar-refractivity contribution in [1.82, 2.24) is 0 Å². The summed E-state index contributed by atoms with van der Waals surface area (Å²) >= 11 is 0.